The Hall–Kier alpha value is -0.810. The molecule has 5 nitrogen and oxygen atoms in total. The Bertz CT molecular complexity index is 281. The normalized spacial score (nSPS) is 17.2. The molecule has 0 aromatic rings. The van der Waals surface area contributed by atoms with E-state index in [0.29, 0.717) is 18.9 Å². The minimum atomic E-state index is -0.284. The maximum atomic E-state index is 11.6. The zero-order chi connectivity index (χ0) is 13.4. The number of carbonyl (C=O) groups excluding carboxylic acids is 2. The summed E-state index contributed by atoms with van der Waals surface area (Å²) in [6.45, 7) is 4.23. The highest BCUT2D eigenvalue weighted by Gasteiger charge is 2.16. The molecule has 1 fully saturated rings. The highest BCUT2D eigenvalue weighted by Crippen LogP contribution is 2.17. The van der Waals surface area contributed by atoms with E-state index >= 15 is 0 Å². The number of amides is 1. The molecule has 1 atom stereocenters. The van der Waals surface area contributed by atoms with Gasteiger partial charge in [0.15, 0.2) is 0 Å². The Morgan fingerprint density at radius 3 is 2.58 bits per heavy atom. The minimum Gasteiger partial charge on any atom is -0.469 e. The summed E-state index contributed by atoms with van der Waals surface area (Å²) in [5, 5.41) is 6.09. The molecule has 1 rings (SSSR count). The van der Waals surface area contributed by atoms with Crippen LogP contribution in [0.4, 0.5) is 0 Å². The summed E-state index contributed by atoms with van der Waals surface area (Å²) in [6.07, 6.45) is 3.82. The molecule has 2 N–H and O–H groups in total. The van der Waals surface area contributed by atoms with Crippen LogP contribution in [0, 0.1) is 11.8 Å². The lowest BCUT2D eigenvalue weighted by molar-refractivity contribution is -0.144. The van der Waals surface area contributed by atoms with E-state index in [1.165, 1.54) is 7.11 Å². The molecule has 1 heterocycles. The van der Waals surface area contributed by atoms with Crippen molar-refractivity contribution in [1.82, 2.24) is 10.6 Å². The van der Waals surface area contributed by atoms with Crippen molar-refractivity contribution in [1.29, 1.82) is 0 Å². The third kappa shape index (κ3) is 7.38. The highest BCUT2D eigenvalue weighted by atomic mass is 35.5. The fourth-order valence-electron chi connectivity index (χ4n) is 2.15. The summed E-state index contributed by atoms with van der Waals surface area (Å²) in [5.74, 6) is 0.130. The van der Waals surface area contributed by atoms with Crippen LogP contribution < -0.4 is 10.6 Å². The first-order valence-electron chi connectivity index (χ1n) is 6.68. The molecule has 1 saturated heterocycles. The number of halogens is 1. The number of esters is 1. The van der Waals surface area contributed by atoms with Gasteiger partial charge in [-0.15, -0.1) is 12.4 Å². The molecule has 0 bridgehead atoms. The molecule has 0 radical (unpaired) electrons. The maximum Gasteiger partial charge on any atom is 0.310 e. The molecule has 1 amide bonds. The van der Waals surface area contributed by atoms with Gasteiger partial charge >= 0.3 is 5.97 Å². The third-order valence-corrected chi connectivity index (χ3v) is 3.45. The van der Waals surface area contributed by atoms with Gasteiger partial charge in [0, 0.05) is 13.0 Å². The molecule has 0 aromatic heterocycles. The minimum absolute atomic E-state index is 0. The summed E-state index contributed by atoms with van der Waals surface area (Å²) in [7, 11) is 1.36. The average molecular weight is 293 g/mol. The highest BCUT2D eigenvalue weighted by molar-refractivity contribution is 5.85. The molecule has 1 aliphatic rings. The Morgan fingerprint density at radius 2 is 2.00 bits per heavy atom. The summed E-state index contributed by atoms with van der Waals surface area (Å²) < 4.78 is 4.60. The van der Waals surface area contributed by atoms with Gasteiger partial charge in [-0.25, -0.2) is 0 Å². The molecule has 19 heavy (non-hydrogen) atoms. The van der Waals surface area contributed by atoms with Crippen LogP contribution in [0.5, 0.6) is 0 Å². The van der Waals surface area contributed by atoms with Crippen molar-refractivity contribution in [3.05, 3.63) is 0 Å². The topological polar surface area (TPSA) is 67.4 Å². The molecule has 6 heteroatoms. The molecule has 0 spiro atoms. The Kier molecular flexibility index (Phi) is 9.61. The maximum absolute atomic E-state index is 11.6. The van der Waals surface area contributed by atoms with Crippen molar-refractivity contribution >= 4 is 24.3 Å². The Labute approximate surface area is 121 Å². The summed E-state index contributed by atoms with van der Waals surface area (Å²) in [4.78, 5) is 22.8. The van der Waals surface area contributed by atoms with Gasteiger partial charge in [-0.05, 0) is 38.3 Å². The number of piperidine rings is 1. The molecular formula is C13H25ClN2O3. The second kappa shape index (κ2) is 10.0. The van der Waals surface area contributed by atoms with Crippen molar-refractivity contribution in [2.45, 2.75) is 32.6 Å². The number of rotatable bonds is 6. The van der Waals surface area contributed by atoms with Gasteiger partial charge in [0.1, 0.15) is 0 Å². The monoisotopic (exact) mass is 292 g/mol. The van der Waals surface area contributed by atoms with Crippen LogP contribution in [-0.2, 0) is 14.3 Å². The first-order valence-corrected chi connectivity index (χ1v) is 6.68. The SMILES string of the molecule is COC(=O)C(C)CNC(=O)CCC1CCNCC1.Cl. The summed E-state index contributed by atoms with van der Waals surface area (Å²) >= 11 is 0. The van der Waals surface area contributed by atoms with Gasteiger partial charge < -0.3 is 15.4 Å². The first-order chi connectivity index (χ1) is 8.63. The van der Waals surface area contributed by atoms with Gasteiger partial charge in [-0.3, -0.25) is 9.59 Å². The summed E-state index contributed by atoms with van der Waals surface area (Å²) in [5.41, 5.74) is 0. The Balaban J connectivity index is 0.00000324. The van der Waals surface area contributed by atoms with Crippen molar-refractivity contribution in [3.8, 4) is 0 Å². The van der Waals surface area contributed by atoms with Crippen LogP contribution >= 0.6 is 12.4 Å². The third-order valence-electron chi connectivity index (χ3n) is 3.45. The van der Waals surface area contributed by atoms with E-state index in [0.717, 1.165) is 32.4 Å². The van der Waals surface area contributed by atoms with E-state index in [-0.39, 0.29) is 30.2 Å². The molecular weight excluding hydrogens is 268 g/mol. The summed E-state index contributed by atoms with van der Waals surface area (Å²) in [6, 6.07) is 0. The molecule has 0 saturated carbocycles. The zero-order valence-corrected chi connectivity index (χ0v) is 12.6. The standard InChI is InChI=1S/C13H24N2O3.ClH/c1-10(13(17)18-2)9-15-12(16)4-3-11-5-7-14-8-6-11;/h10-11,14H,3-9H2,1-2H3,(H,15,16);1H. The lowest BCUT2D eigenvalue weighted by Crippen LogP contribution is -2.33. The number of hydrogen-bond donors (Lipinski definition) is 2. The number of methoxy groups -OCH3 is 1. The van der Waals surface area contributed by atoms with E-state index in [9.17, 15) is 9.59 Å². The predicted octanol–water partition coefficient (Wildman–Crippen LogP) is 1.11. The van der Waals surface area contributed by atoms with Gasteiger partial charge in [0.05, 0.1) is 13.0 Å². The van der Waals surface area contributed by atoms with Gasteiger partial charge in [0.25, 0.3) is 0 Å². The molecule has 112 valence electrons. The van der Waals surface area contributed by atoms with Crippen molar-refractivity contribution in [2.24, 2.45) is 11.8 Å². The van der Waals surface area contributed by atoms with Gasteiger partial charge in [0.2, 0.25) is 5.91 Å². The lowest BCUT2D eigenvalue weighted by atomic mass is 9.93. The van der Waals surface area contributed by atoms with E-state index in [1.54, 1.807) is 6.92 Å². The fourth-order valence-corrected chi connectivity index (χ4v) is 2.15. The van der Waals surface area contributed by atoms with E-state index in [2.05, 4.69) is 15.4 Å². The van der Waals surface area contributed by atoms with E-state index in [1.807, 2.05) is 0 Å². The van der Waals surface area contributed by atoms with Crippen LogP contribution in [0.1, 0.15) is 32.6 Å². The molecule has 0 aromatic carbocycles. The smallest absolute Gasteiger partial charge is 0.310 e. The predicted molar refractivity (Wildman–Crippen MR) is 76.3 cm³/mol. The average Bonchev–Trinajstić information content (AvgIpc) is 2.42. The number of hydrogen-bond acceptors (Lipinski definition) is 4. The molecule has 0 aliphatic carbocycles. The van der Waals surface area contributed by atoms with Gasteiger partial charge in [-0.2, -0.15) is 0 Å². The van der Waals surface area contributed by atoms with Crippen molar-refractivity contribution in [2.75, 3.05) is 26.7 Å². The van der Waals surface area contributed by atoms with Crippen LogP contribution in [0.15, 0.2) is 0 Å². The van der Waals surface area contributed by atoms with Gasteiger partial charge in [-0.1, -0.05) is 6.92 Å². The Morgan fingerprint density at radius 1 is 1.37 bits per heavy atom. The van der Waals surface area contributed by atoms with E-state index in [4.69, 9.17) is 0 Å². The second-order valence-corrected chi connectivity index (χ2v) is 4.96. The number of carbonyl (C=O) groups is 2. The zero-order valence-electron chi connectivity index (χ0n) is 11.7. The first kappa shape index (κ1) is 18.2. The molecule has 1 aliphatic heterocycles. The number of ether oxygens (including phenoxy) is 1. The lowest BCUT2D eigenvalue weighted by Gasteiger charge is -2.22. The van der Waals surface area contributed by atoms with Crippen LogP contribution in [0.25, 0.3) is 0 Å². The second-order valence-electron chi connectivity index (χ2n) is 4.96. The number of nitrogens with one attached hydrogen (secondary N) is 2. The largest absolute Gasteiger partial charge is 0.469 e. The quantitative estimate of drug-likeness (QED) is 0.720. The van der Waals surface area contributed by atoms with Crippen LogP contribution in [0.3, 0.4) is 0 Å². The molecule has 1 unspecified atom stereocenters. The van der Waals surface area contributed by atoms with Crippen LogP contribution in [0.2, 0.25) is 0 Å². The van der Waals surface area contributed by atoms with E-state index < -0.39 is 0 Å². The van der Waals surface area contributed by atoms with Crippen molar-refractivity contribution < 1.29 is 14.3 Å². The van der Waals surface area contributed by atoms with Crippen LogP contribution in [-0.4, -0.2) is 38.6 Å². The van der Waals surface area contributed by atoms with Crippen molar-refractivity contribution in [3.63, 3.8) is 0 Å². The fraction of sp³-hybridized carbons (Fsp3) is 0.846.